The van der Waals surface area contributed by atoms with Crippen molar-refractivity contribution in [3.05, 3.63) is 65.7 Å². The van der Waals surface area contributed by atoms with Gasteiger partial charge in [0.1, 0.15) is 25.0 Å². The van der Waals surface area contributed by atoms with Crippen LogP contribution in [0.2, 0.25) is 0 Å². The molecule has 0 bridgehead atoms. The number of nitrogens with zero attached hydrogens (tertiary/aromatic N) is 1. The van der Waals surface area contributed by atoms with Gasteiger partial charge in [0.25, 0.3) is 0 Å². The number of likely N-dealkylation sites (N-methyl/N-ethyl adjacent to an activating group) is 1. The van der Waals surface area contributed by atoms with E-state index in [0.29, 0.717) is 4.48 Å². The van der Waals surface area contributed by atoms with Crippen LogP contribution in [0.15, 0.2) is 54.6 Å². The predicted octanol–water partition coefficient (Wildman–Crippen LogP) is 8.91. The van der Waals surface area contributed by atoms with E-state index in [4.69, 9.17) is 9.47 Å². The number of carbonyl (C=O) groups is 1. The standard InChI is InChI=1S/C35H56NO3/c1-6-8-9-10-11-12-13-14-15-16-18-22-31-25-21-26-34(27-31)39-33(7-2)29-38-35(37)30(3)36(4,5)28-32-23-19-17-20-24-32/h17,19-21,23-27,30,33H,6-16,18,22,28-29H2,1-5H3/q+1. The van der Waals surface area contributed by atoms with E-state index in [1.165, 1.54) is 81.8 Å². The van der Waals surface area contributed by atoms with Gasteiger partial charge in [-0.05, 0) is 43.9 Å². The Labute approximate surface area is 239 Å². The monoisotopic (exact) mass is 538 g/mol. The van der Waals surface area contributed by atoms with Crippen molar-refractivity contribution in [3.8, 4) is 5.75 Å². The summed E-state index contributed by atoms with van der Waals surface area (Å²) in [7, 11) is 4.15. The van der Waals surface area contributed by atoms with Crippen LogP contribution in [-0.4, -0.2) is 43.3 Å². The predicted molar refractivity (Wildman–Crippen MR) is 164 cm³/mol. The summed E-state index contributed by atoms with van der Waals surface area (Å²) in [5, 5.41) is 0. The zero-order chi connectivity index (χ0) is 28.3. The second-order valence-corrected chi connectivity index (χ2v) is 11.8. The number of hydrogen-bond donors (Lipinski definition) is 0. The molecule has 0 saturated carbocycles. The number of esters is 1. The molecule has 0 aliphatic heterocycles. The van der Waals surface area contributed by atoms with Crippen LogP contribution < -0.4 is 4.74 Å². The summed E-state index contributed by atoms with van der Waals surface area (Å²) in [6.07, 6.45) is 16.7. The Balaban J connectivity index is 1.69. The van der Waals surface area contributed by atoms with Crippen molar-refractivity contribution in [3.63, 3.8) is 0 Å². The Hall–Kier alpha value is -2.33. The lowest BCUT2D eigenvalue weighted by Crippen LogP contribution is -2.51. The van der Waals surface area contributed by atoms with Crippen molar-refractivity contribution >= 4 is 5.97 Å². The minimum absolute atomic E-state index is 0.150. The van der Waals surface area contributed by atoms with Gasteiger partial charge in [-0.15, -0.1) is 0 Å². The third-order valence-corrected chi connectivity index (χ3v) is 7.96. The van der Waals surface area contributed by atoms with E-state index in [-0.39, 0.29) is 24.7 Å². The molecular weight excluding hydrogens is 482 g/mol. The highest BCUT2D eigenvalue weighted by molar-refractivity contribution is 5.74. The molecule has 0 spiro atoms. The summed E-state index contributed by atoms with van der Waals surface area (Å²) in [4.78, 5) is 12.9. The average Bonchev–Trinajstić information content (AvgIpc) is 2.94. The molecule has 2 aromatic carbocycles. The highest BCUT2D eigenvalue weighted by Gasteiger charge is 2.32. The van der Waals surface area contributed by atoms with E-state index in [2.05, 4.69) is 58.3 Å². The quantitative estimate of drug-likeness (QED) is 0.0904. The van der Waals surface area contributed by atoms with Crippen LogP contribution in [0.3, 0.4) is 0 Å². The first-order valence-electron chi connectivity index (χ1n) is 15.6. The molecule has 218 valence electrons. The van der Waals surface area contributed by atoms with Gasteiger partial charge in [0, 0.05) is 5.56 Å². The topological polar surface area (TPSA) is 35.5 Å². The molecule has 0 amide bonds. The summed E-state index contributed by atoms with van der Waals surface area (Å²) in [6, 6.07) is 18.5. The Morgan fingerprint density at radius 3 is 1.97 bits per heavy atom. The van der Waals surface area contributed by atoms with Crippen LogP contribution in [0, 0.1) is 0 Å². The number of carbonyl (C=O) groups excluding carboxylic acids is 1. The van der Waals surface area contributed by atoms with Gasteiger partial charge in [-0.3, -0.25) is 0 Å². The number of benzene rings is 2. The third-order valence-electron chi connectivity index (χ3n) is 7.96. The van der Waals surface area contributed by atoms with Crippen LogP contribution in [0.5, 0.6) is 5.75 Å². The number of aryl methyl sites for hydroxylation is 1. The molecule has 0 saturated heterocycles. The third kappa shape index (κ3) is 13.5. The molecule has 2 atom stereocenters. The summed E-state index contributed by atoms with van der Waals surface area (Å²) < 4.78 is 12.5. The first-order valence-corrected chi connectivity index (χ1v) is 15.6. The number of quaternary nitrogens is 1. The Morgan fingerprint density at radius 1 is 0.769 bits per heavy atom. The molecule has 2 aromatic rings. The minimum Gasteiger partial charge on any atom is -0.487 e. The van der Waals surface area contributed by atoms with Crippen LogP contribution in [-0.2, 0) is 22.5 Å². The number of unbranched alkanes of at least 4 members (excludes halogenated alkanes) is 10. The minimum atomic E-state index is -0.267. The largest absolute Gasteiger partial charge is 0.487 e. The lowest BCUT2D eigenvalue weighted by molar-refractivity contribution is -0.917. The summed E-state index contributed by atoms with van der Waals surface area (Å²) in [5.74, 6) is 0.690. The zero-order valence-electron chi connectivity index (χ0n) is 25.6. The molecule has 0 aliphatic carbocycles. The molecule has 4 nitrogen and oxygen atoms in total. The van der Waals surface area contributed by atoms with E-state index >= 15 is 0 Å². The molecule has 0 heterocycles. The fourth-order valence-electron chi connectivity index (χ4n) is 4.97. The first kappa shape index (κ1) is 32.9. The van der Waals surface area contributed by atoms with Crippen molar-refractivity contribution in [2.24, 2.45) is 0 Å². The summed E-state index contributed by atoms with van der Waals surface area (Å²) >= 11 is 0. The van der Waals surface area contributed by atoms with Gasteiger partial charge in [-0.1, -0.05) is 121 Å². The normalized spacial score (nSPS) is 13.2. The number of hydrogen-bond acceptors (Lipinski definition) is 3. The van der Waals surface area contributed by atoms with Crippen molar-refractivity contribution in [2.75, 3.05) is 20.7 Å². The van der Waals surface area contributed by atoms with Gasteiger partial charge in [-0.2, -0.15) is 0 Å². The van der Waals surface area contributed by atoms with Gasteiger partial charge in [-0.25, -0.2) is 4.79 Å². The fourth-order valence-corrected chi connectivity index (χ4v) is 4.97. The van der Waals surface area contributed by atoms with Crippen molar-refractivity contribution in [2.45, 2.75) is 123 Å². The second-order valence-electron chi connectivity index (χ2n) is 11.8. The molecule has 0 aromatic heterocycles. The van der Waals surface area contributed by atoms with Gasteiger partial charge >= 0.3 is 5.97 Å². The average molecular weight is 539 g/mol. The van der Waals surface area contributed by atoms with E-state index in [1.807, 2.05) is 31.2 Å². The summed E-state index contributed by atoms with van der Waals surface area (Å²) in [5.41, 5.74) is 2.54. The van der Waals surface area contributed by atoms with Crippen molar-refractivity contribution < 1.29 is 18.8 Å². The van der Waals surface area contributed by atoms with Crippen LogP contribution in [0.25, 0.3) is 0 Å². The molecule has 0 N–H and O–H groups in total. The number of ether oxygens (including phenoxy) is 2. The van der Waals surface area contributed by atoms with Crippen LogP contribution in [0.1, 0.15) is 109 Å². The Kier molecular flexibility index (Phi) is 15.9. The lowest BCUT2D eigenvalue weighted by atomic mass is 10.0. The molecule has 39 heavy (non-hydrogen) atoms. The molecule has 4 heteroatoms. The summed E-state index contributed by atoms with van der Waals surface area (Å²) in [6.45, 7) is 7.35. The molecule has 0 aliphatic rings. The maximum absolute atomic E-state index is 12.9. The Morgan fingerprint density at radius 2 is 1.36 bits per heavy atom. The molecule has 0 fully saturated rings. The van der Waals surface area contributed by atoms with E-state index in [0.717, 1.165) is 25.1 Å². The molecule has 2 rings (SSSR count). The Bertz CT molecular complexity index is 911. The van der Waals surface area contributed by atoms with Gasteiger partial charge in [0.15, 0.2) is 6.04 Å². The SMILES string of the molecule is CCCCCCCCCCCCCc1cccc(OC(CC)COC(=O)C(C)[N+](C)(C)Cc2ccccc2)c1. The zero-order valence-corrected chi connectivity index (χ0v) is 25.6. The second kappa shape index (κ2) is 18.9. The maximum atomic E-state index is 12.9. The van der Waals surface area contributed by atoms with Gasteiger partial charge in [0.2, 0.25) is 0 Å². The number of rotatable bonds is 21. The fraction of sp³-hybridized carbons (Fsp3) is 0.629. The molecule has 0 radical (unpaired) electrons. The van der Waals surface area contributed by atoms with Gasteiger partial charge in [0.05, 0.1) is 14.1 Å². The van der Waals surface area contributed by atoms with Crippen LogP contribution in [0.4, 0.5) is 0 Å². The van der Waals surface area contributed by atoms with Gasteiger partial charge < -0.3 is 14.0 Å². The molecule has 2 unspecified atom stereocenters. The lowest BCUT2D eigenvalue weighted by Gasteiger charge is -2.34. The first-order chi connectivity index (χ1) is 18.9. The highest BCUT2D eigenvalue weighted by Crippen LogP contribution is 2.20. The van der Waals surface area contributed by atoms with Crippen molar-refractivity contribution in [1.29, 1.82) is 0 Å². The van der Waals surface area contributed by atoms with Crippen molar-refractivity contribution in [1.82, 2.24) is 0 Å². The van der Waals surface area contributed by atoms with E-state index in [1.54, 1.807) is 0 Å². The van der Waals surface area contributed by atoms with Crippen LogP contribution >= 0.6 is 0 Å². The molecular formula is C35H56NO3+. The van der Waals surface area contributed by atoms with E-state index in [9.17, 15) is 4.79 Å². The smallest absolute Gasteiger partial charge is 0.364 e. The maximum Gasteiger partial charge on any atom is 0.364 e. The highest BCUT2D eigenvalue weighted by atomic mass is 16.6. The van der Waals surface area contributed by atoms with E-state index < -0.39 is 0 Å².